The molecule has 0 unspecified atom stereocenters. The number of nitrogens with one attached hydrogen (secondary N) is 1. The maximum atomic E-state index is 12.7. The van der Waals surface area contributed by atoms with E-state index in [1.165, 1.54) is 24.3 Å². The molecule has 7 nitrogen and oxygen atoms in total. The van der Waals surface area contributed by atoms with Gasteiger partial charge in [-0.2, -0.15) is 5.26 Å². The molecule has 0 aliphatic carbocycles. The van der Waals surface area contributed by atoms with Crippen LogP contribution in [0.15, 0.2) is 53.4 Å². The molecule has 1 heterocycles. The van der Waals surface area contributed by atoms with Crippen LogP contribution in [0.3, 0.4) is 0 Å². The fraction of sp³-hybridized carbons (Fsp3) is 0.333. The molecule has 8 heteroatoms. The summed E-state index contributed by atoms with van der Waals surface area (Å²) in [6.07, 6.45) is 1.08. The molecule has 0 saturated carbocycles. The van der Waals surface area contributed by atoms with E-state index >= 15 is 0 Å². The minimum absolute atomic E-state index is 0.0681. The number of rotatable bonds is 6. The standard InChI is InChI=1S/C21H23N3O4S/c1-2-28-19-7-5-17(6-8-19)21(25)24-13-11-18(12-14-24)23-29(26,27)20-9-3-16(15-22)4-10-20/h3-10,18,23H,2,11-14H2,1H3. The Labute approximate surface area is 171 Å². The van der Waals surface area contributed by atoms with Crippen LogP contribution in [0.1, 0.15) is 35.7 Å². The zero-order valence-electron chi connectivity index (χ0n) is 16.2. The Morgan fingerprint density at radius 2 is 1.76 bits per heavy atom. The lowest BCUT2D eigenvalue weighted by Crippen LogP contribution is -2.46. The largest absolute Gasteiger partial charge is 0.494 e. The molecule has 1 aliphatic rings. The summed E-state index contributed by atoms with van der Waals surface area (Å²) in [4.78, 5) is 14.5. The second kappa shape index (κ2) is 9.07. The highest BCUT2D eigenvalue weighted by molar-refractivity contribution is 7.89. The van der Waals surface area contributed by atoms with Crippen LogP contribution >= 0.6 is 0 Å². The third-order valence-corrected chi connectivity index (χ3v) is 6.35. The van der Waals surface area contributed by atoms with Crippen molar-refractivity contribution in [1.29, 1.82) is 5.26 Å². The Bertz CT molecular complexity index is 988. The van der Waals surface area contributed by atoms with Crippen molar-refractivity contribution in [3.8, 4) is 11.8 Å². The molecule has 0 spiro atoms. The van der Waals surface area contributed by atoms with E-state index in [-0.39, 0.29) is 16.8 Å². The number of benzene rings is 2. The molecule has 152 valence electrons. The number of nitriles is 1. The third kappa shape index (κ3) is 5.13. The summed E-state index contributed by atoms with van der Waals surface area (Å²) >= 11 is 0. The van der Waals surface area contributed by atoms with Crippen molar-refractivity contribution in [3.05, 3.63) is 59.7 Å². The lowest BCUT2D eigenvalue weighted by atomic mass is 10.0. The quantitative estimate of drug-likeness (QED) is 0.785. The first kappa shape index (κ1) is 20.8. The first-order valence-corrected chi connectivity index (χ1v) is 11.0. The van der Waals surface area contributed by atoms with Crippen LogP contribution in [0, 0.1) is 11.3 Å². The first-order valence-electron chi connectivity index (χ1n) is 9.47. The number of likely N-dealkylation sites (tertiary alicyclic amines) is 1. The molecule has 1 aliphatic heterocycles. The number of hydrogen-bond acceptors (Lipinski definition) is 5. The van der Waals surface area contributed by atoms with Gasteiger partial charge in [-0.1, -0.05) is 0 Å². The van der Waals surface area contributed by atoms with Crippen molar-refractivity contribution in [3.63, 3.8) is 0 Å². The summed E-state index contributed by atoms with van der Waals surface area (Å²) in [5, 5.41) is 8.83. The SMILES string of the molecule is CCOc1ccc(C(=O)N2CCC(NS(=O)(=O)c3ccc(C#N)cc3)CC2)cc1. The van der Waals surface area contributed by atoms with Crippen LogP contribution < -0.4 is 9.46 Å². The van der Waals surface area contributed by atoms with Crippen LogP contribution in [0.2, 0.25) is 0 Å². The summed E-state index contributed by atoms with van der Waals surface area (Å²) in [5.41, 5.74) is 0.995. The van der Waals surface area contributed by atoms with E-state index in [9.17, 15) is 13.2 Å². The molecule has 3 rings (SSSR count). The summed E-state index contributed by atoms with van der Waals surface area (Å²) in [6.45, 7) is 3.43. The monoisotopic (exact) mass is 413 g/mol. The van der Waals surface area contributed by atoms with Crippen molar-refractivity contribution < 1.29 is 17.9 Å². The Balaban J connectivity index is 1.56. The van der Waals surface area contributed by atoms with Crippen molar-refractivity contribution >= 4 is 15.9 Å². The molecular weight excluding hydrogens is 390 g/mol. The number of hydrogen-bond donors (Lipinski definition) is 1. The topological polar surface area (TPSA) is 99.5 Å². The van der Waals surface area contributed by atoms with E-state index in [4.69, 9.17) is 10.00 Å². The Morgan fingerprint density at radius 3 is 2.31 bits per heavy atom. The predicted molar refractivity (Wildman–Crippen MR) is 108 cm³/mol. The van der Waals surface area contributed by atoms with Gasteiger partial charge in [0.25, 0.3) is 5.91 Å². The number of piperidine rings is 1. The van der Waals surface area contributed by atoms with Crippen LogP contribution in [0.25, 0.3) is 0 Å². The van der Waals surface area contributed by atoms with E-state index in [0.29, 0.717) is 43.7 Å². The van der Waals surface area contributed by atoms with Crippen LogP contribution in [0.4, 0.5) is 0 Å². The molecule has 1 amide bonds. The Hall–Kier alpha value is -2.89. The van der Waals surface area contributed by atoms with E-state index in [2.05, 4.69) is 4.72 Å². The van der Waals surface area contributed by atoms with E-state index in [1.54, 1.807) is 29.2 Å². The van der Waals surface area contributed by atoms with Crippen LogP contribution in [0.5, 0.6) is 5.75 Å². The fourth-order valence-corrected chi connectivity index (χ4v) is 4.54. The van der Waals surface area contributed by atoms with Gasteiger partial charge in [0.2, 0.25) is 10.0 Å². The molecule has 2 aromatic rings. The molecular formula is C21H23N3O4S. The van der Waals surface area contributed by atoms with Gasteiger partial charge in [-0.05, 0) is 68.3 Å². The highest BCUT2D eigenvalue weighted by atomic mass is 32.2. The predicted octanol–water partition coefficient (Wildman–Crippen LogP) is 2.54. The molecule has 0 bridgehead atoms. The average molecular weight is 413 g/mol. The van der Waals surface area contributed by atoms with Gasteiger partial charge in [-0.3, -0.25) is 4.79 Å². The van der Waals surface area contributed by atoms with Gasteiger partial charge in [0.15, 0.2) is 0 Å². The van der Waals surface area contributed by atoms with Gasteiger partial charge in [-0.25, -0.2) is 13.1 Å². The summed E-state index contributed by atoms with van der Waals surface area (Å²) in [5.74, 6) is 0.654. The fourth-order valence-electron chi connectivity index (χ4n) is 3.24. The number of nitrogens with zero attached hydrogens (tertiary/aromatic N) is 2. The molecule has 1 N–H and O–H groups in total. The number of sulfonamides is 1. The smallest absolute Gasteiger partial charge is 0.253 e. The first-order chi connectivity index (χ1) is 13.9. The highest BCUT2D eigenvalue weighted by Crippen LogP contribution is 2.19. The lowest BCUT2D eigenvalue weighted by Gasteiger charge is -2.32. The summed E-state index contributed by atoms with van der Waals surface area (Å²) < 4.78 is 33.2. The van der Waals surface area contributed by atoms with Gasteiger partial charge >= 0.3 is 0 Å². The number of ether oxygens (including phenoxy) is 1. The van der Waals surface area contributed by atoms with E-state index < -0.39 is 10.0 Å². The lowest BCUT2D eigenvalue weighted by molar-refractivity contribution is 0.0711. The van der Waals surface area contributed by atoms with Crippen LogP contribution in [-0.2, 0) is 10.0 Å². The molecule has 29 heavy (non-hydrogen) atoms. The maximum Gasteiger partial charge on any atom is 0.253 e. The van der Waals surface area contributed by atoms with Gasteiger partial charge < -0.3 is 9.64 Å². The van der Waals surface area contributed by atoms with Crippen molar-refractivity contribution in [2.45, 2.75) is 30.7 Å². The minimum Gasteiger partial charge on any atom is -0.494 e. The van der Waals surface area contributed by atoms with Gasteiger partial charge in [0.1, 0.15) is 5.75 Å². The zero-order valence-corrected chi connectivity index (χ0v) is 17.0. The zero-order chi connectivity index (χ0) is 20.9. The van der Waals surface area contributed by atoms with Crippen molar-refractivity contribution in [2.75, 3.05) is 19.7 Å². The molecule has 1 fully saturated rings. The van der Waals surface area contributed by atoms with Gasteiger partial charge in [0.05, 0.1) is 23.1 Å². The average Bonchev–Trinajstić information content (AvgIpc) is 2.74. The molecule has 1 saturated heterocycles. The third-order valence-electron chi connectivity index (χ3n) is 4.81. The molecule has 0 aromatic heterocycles. The molecule has 0 radical (unpaired) electrons. The summed E-state index contributed by atoms with van der Waals surface area (Å²) in [7, 11) is -3.66. The molecule has 2 aromatic carbocycles. The maximum absolute atomic E-state index is 12.7. The Kier molecular flexibility index (Phi) is 6.52. The second-order valence-electron chi connectivity index (χ2n) is 6.78. The normalized spacial score (nSPS) is 15.0. The van der Waals surface area contributed by atoms with Gasteiger partial charge in [0, 0.05) is 24.7 Å². The minimum atomic E-state index is -3.66. The highest BCUT2D eigenvalue weighted by Gasteiger charge is 2.27. The number of amides is 1. The van der Waals surface area contributed by atoms with Crippen molar-refractivity contribution in [2.24, 2.45) is 0 Å². The van der Waals surface area contributed by atoms with Gasteiger partial charge in [-0.15, -0.1) is 0 Å². The van der Waals surface area contributed by atoms with Crippen LogP contribution in [-0.4, -0.2) is 45.0 Å². The Morgan fingerprint density at radius 1 is 1.14 bits per heavy atom. The second-order valence-corrected chi connectivity index (χ2v) is 8.50. The molecule has 0 atom stereocenters. The number of carbonyl (C=O) groups is 1. The number of carbonyl (C=O) groups excluding carboxylic acids is 1. The summed E-state index contributed by atoms with van der Waals surface area (Å²) in [6, 6.07) is 14.6. The van der Waals surface area contributed by atoms with E-state index in [0.717, 1.165) is 5.75 Å². The van der Waals surface area contributed by atoms with E-state index in [1.807, 2.05) is 13.0 Å². The van der Waals surface area contributed by atoms with Crippen molar-refractivity contribution in [1.82, 2.24) is 9.62 Å².